The lowest BCUT2D eigenvalue weighted by Gasteiger charge is -2.34. The van der Waals surface area contributed by atoms with E-state index in [-0.39, 0.29) is 5.91 Å². The smallest absolute Gasteiger partial charge is 0.217 e. The van der Waals surface area contributed by atoms with E-state index in [9.17, 15) is 4.79 Å². The van der Waals surface area contributed by atoms with Crippen LogP contribution in [0.4, 0.5) is 17.1 Å². The van der Waals surface area contributed by atoms with E-state index in [0.717, 1.165) is 31.6 Å². The molecular weight excluding hydrogens is 228 g/mol. The number of piperidine rings is 1. The van der Waals surface area contributed by atoms with Crippen LogP contribution in [0.15, 0.2) is 18.2 Å². The van der Waals surface area contributed by atoms with Crippen LogP contribution < -0.4 is 21.7 Å². The third-order valence-corrected chi connectivity index (χ3v) is 3.34. The minimum atomic E-state index is 0.0465. The van der Waals surface area contributed by atoms with Crippen molar-refractivity contribution in [3.05, 3.63) is 18.2 Å². The van der Waals surface area contributed by atoms with Crippen molar-refractivity contribution in [2.75, 3.05) is 29.5 Å². The number of nitrogens with one attached hydrogen (secondary N) is 1. The Morgan fingerprint density at radius 3 is 2.50 bits per heavy atom. The van der Waals surface area contributed by atoms with Crippen molar-refractivity contribution in [2.24, 2.45) is 0 Å². The molecule has 0 atom stereocenters. The quantitative estimate of drug-likeness (QED) is 0.680. The van der Waals surface area contributed by atoms with Crippen LogP contribution in [-0.2, 0) is 4.79 Å². The molecule has 1 saturated heterocycles. The highest BCUT2D eigenvalue weighted by molar-refractivity contribution is 5.73. The van der Waals surface area contributed by atoms with Crippen molar-refractivity contribution in [3.63, 3.8) is 0 Å². The molecule has 0 aliphatic carbocycles. The van der Waals surface area contributed by atoms with Crippen LogP contribution in [0.5, 0.6) is 0 Å². The fraction of sp³-hybridized carbons (Fsp3) is 0.462. The van der Waals surface area contributed by atoms with Crippen LogP contribution >= 0.6 is 0 Å². The Morgan fingerprint density at radius 1 is 1.28 bits per heavy atom. The Kier molecular flexibility index (Phi) is 3.60. The summed E-state index contributed by atoms with van der Waals surface area (Å²) < 4.78 is 0. The van der Waals surface area contributed by atoms with Gasteiger partial charge in [0.2, 0.25) is 5.91 Å². The van der Waals surface area contributed by atoms with Gasteiger partial charge in [-0.3, -0.25) is 4.79 Å². The molecule has 0 bridgehead atoms. The molecule has 5 nitrogen and oxygen atoms in total. The molecule has 1 aliphatic heterocycles. The van der Waals surface area contributed by atoms with Gasteiger partial charge in [-0.2, -0.15) is 0 Å². The summed E-state index contributed by atoms with van der Waals surface area (Å²) in [6.45, 7) is 3.41. The molecule has 18 heavy (non-hydrogen) atoms. The Labute approximate surface area is 107 Å². The summed E-state index contributed by atoms with van der Waals surface area (Å²) in [7, 11) is 0. The SMILES string of the molecule is CC(=O)NC1CCN(c2ccc(N)c(N)c2)CC1. The minimum Gasteiger partial charge on any atom is -0.397 e. The number of carbonyl (C=O) groups excluding carboxylic acids is 1. The molecule has 1 heterocycles. The van der Waals surface area contributed by atoms with Crippen molar-refractivity contribution >= 4 is 23.0 Å². The Bertz CT molecular complexity index is 439. The van der Waals surface area contributed by atoms with E-state index in [1.54, 1.807) is 6.92 Å². The van der Waals surface area contributed by atoms with Crippen LogP contribution in [0.3, 0.4) is 0 Å². The number of anilines is 3. The van der Waals surface area contributed by atoms with Crippen LogP contribution in [0.25, 0.3) is 0 Å². The van der Waals surface area contributed by atoms with Gasteiger partial charge in [0.1, 0.15) is 0 Å². The number of carbonyl (C=O) groups is 1. The second-order valence-corrected chi connectivity index (χ2v) is 4.78. The molecule has 0 unspecified atom stereocenters. The summed E-state index contributed by atoms with van der Waals surface area (Å²) in [6, 6.07) is 6.04. The lowest BCUT2D eigenvalue weighted by Crippen LogP contribution is -2.44. The number of benzene rings is 1. The number of nitrogens with two attached hydrogens (primary N) is 2. The Balaban J connectivity index is 1.96. The summed E-state index contributed by atoms with van der Waals surface area (Å²) in [5, 5.41) is 2.96. The van der Waals surface area contributed by atoms with E-state index in [4.69, 9.17) is 11.5 Å². The number of nitrogen functional groups attached to an aromatic ring is 2. The predicted octanol–water partition coefficient (Wildman–Crippen LogP) is 0.956. The normalized spacial score (nSPS) is 16.6. The Morgan fingerprint density at radius 2 is 1.94 bits per heavy atom. The zero-order valence-electron chi connectivity index (χ0n) is 10.6. The highest BCUT2D eigenvalue weighted by Crippen LogP contribution is 2.25. The molecule has 5 heteroatoms. The molecule has 1 fully saturated rings. The molecule has 0 saturated carbocycles. The van der Waals surface area contributed by atoms with Gasteiger partial charge in [-0.15, -0.1) is 0 Å². The van der Waals surface area contributed by atoms with Gasteiger partial charge >= 0.3 is 0 Å². The molecule has 0 spiro atoms. The highest BCUT2D eigenvalue weighted by atomic mass is 16.1. The van der Waals surface area contributed by atoms with Crippen molar-refractivity contribution in [1.82, 2.24) is 5.32 Å². The van der Waals surface area contributed by atoms with E-state index >= 15 is 0 Å². The summed E-state index contributed by atoms with van der Waals surface area (Å²) >= 11 is 0. The van der Waals surface area contributed by atoms with Gasteiger partial charge in [-0.25, -0.2) is 0 Å². The maximum absolute atomic E-state index is 11.0. The third-order valence-electron chi connectivity index (χ3n) is 3.34. The van der Waals surface area contributed by atoms with E-state index in [2.05, 4.69) is 10.2 Å². The van der Waals surface area contributed by atoms with E-state index in [1.165, 1.54) is 0 Å². The molecule has 0 aromatic heterocycles. The Hall–Kier alpha value is -1.91. The summed E-state index contributed by atoms with van der Waals surface area (Å²) in [6.07, 6.45) is 1.92. The third kappa shape index (κ3) is 2.85. The first-order chi connectivity index (χ1) is 8.56. The second kappa shape index (κ2) is 5.16. The lowest BCUT2D eigenvalue weighted by molar-refractivity contribution is -0.119. The first-order valence-corrected chi connectivity index (χ1v) is 6.23. The van der Waals surface area contributed by atoms with E-state index < -0.39 is 0 Å². The summed E-state index contributed by atoms with van der Waals surface area (Å²) in [5.41, 5.74) is 13.9. The maximum Gasteiger partial charge on any atom is 0.217 e. The maximum atomic E-state index is 11.0. The molecule has 1 aromatic carbocycles. The number of rotatable bonds is 2. The van der Waals surface area contributed by atoms with Gasteiger partial charge in [-0.05, 0) is 31.0 Å². The van der Waals surface area contributed by atoms with Crippen LogP contribution in [0.2, 0.25) is 0 Å². The van der Waals surface area contributed by atoms with Crippen molar-refractivity contribution < 1.29 is 4.79 Å². The zero-order valence-corrected chi connectivity index (χ0v) is 10.6. The zero-order chi connectivity index (χ0) is 13.1. The van der Waals surface area contributed by atoms with Crippen LogP contribution in [0.1, 0.15) is 19.8 Å². The van der Waals surface area contributed by atoms with Gasteiger partial charge in [0, 0.05) is 31.7 Å². The lowest BCUT2D eigenvalue weighted by atomic mass is 10.0. The van der Waals surface area contributed by atoms with Gasteiger partial charge < -0.3 is 21.7 Å². The fourth-order valence-corrected chi connectivity index (χ4v) is 2.33. The first kappa shape index (κ1) is 12.5. The summed E-state index contributed by atoms with van der Waals surface area (Å²) in [4.78, 5) is 13.3. The average molecular weight is 248 g/mol. The van der Waals surface area contributed by atoms with Crippen LogP contribution in [0, 0.1) is 0 Å². The van der Waals surface area contributed by atoms with Gasteiger partial charge in [-0.1, -0.05) is 0 Å². The average Bonchev–Trinajstić information content (AvgIpc) is 2.33. The standard InChI is InChI=1S/C13H20N4O/c1-9(18)16-10-4-6-17(7-5-10)11-2-3-12(14)13(15)8-11/h2-3,8,10H,4-7,14-15H2,1H3,(H,16,18). The molecular formula is C13H20N4O. The molecule has 1 aromatic rings. The molecule has 5 N–H and O–H groups in total. The molecule has 98 valence electrons. The van der Waals surface area contributed by atoms with Crippen molar-refractivity contribution in [1.29, 1.82) is 0 Å². The minimum absolute atomic E-state index is 0.0465. The monoisotopic (exact) mass is 248 g/mol. The largest absolute Gasteiger partial charge is 0.397 e. The molecule has 1 amide bonds. The number of amides is 1. The topological polar surface area (TPSA) is 84.4 Å². The van der Waals surface area contributed by atoms with Gasteiger partial charge in [0.05, 0.1) is 11.4 Å². The first-order valence-electron chi connectivity index (χ1n) is 6.23. The number of hydrogen-bond donors (Lipinski definition) is 3. The van der Waals surface area contributed by atoms with Crippen molar-refractivity contribution in [3.8, 4) is 0 Å². The molecule has 1 aliphatic rings. The highest BCUT2D eigenvalue weighted by Gasteiger charge is 2.20. The van der Waals surface area contributed by atoms with Crippen molar-refractivity contribution in [2.45, 2.75) is 25.8 Å². The van der Waals surface area contributed by atoms with E-state index in [0.29, 0.717) is 17.4 Å². The molecule has 0 radical (unpaired) electrons. The summed E-state index contributed by atoms with van der Waals surface area (Å²) in [5.74, 6) is 0.0465. The van der Waals surface area contributed by atoms with Gasteiger partial charge in [0.25, 0.3) is 0 Å². The number of hydrogen-bond acceptors (Lipinski definition) is 4. The van der Waals surface area contributed by atoms with E-state index in [1.807, 2.05) is 18.2 Å². The molecule has 2 rings (SSSR count). The van der Waals surface area contributed by atoms with Crippen LogP contribution in [-0.4, -0.2) is 25.0 Å². The predicted molar refractivity (Wildman–Crippen MR) is 74.3 cm³/mol. The fourth-order valence-electron chi connectivity index (χ4n) is 2.33. The second-order valence-electron chi connectivity index (χ2n) is 4.78. The van der Waals surface area contributed by atoms with Gasteiger partial charge in [0.15, 0.2) is 0 Å². The number of nitrogens with zero attached hydrogens (tertiary/aromatic N) is 1.